The molecule has 0 fully saturated rings. The van der Waals surface area contributed by atoms with Gasteiger partial charge in [0.25, 0.3) is 11.6 Å². The number of nitro groups is 1. The molecule has 0 bridgehead atoms. The molecule has 0 heterocycles. The number of hydrogen-bond acceptors (Lipinski definition) is 5. The molecule has 0 atom stereocenters. The molecule has 3 rings (SSSR count). The molecule has 1 amide bonds. The maximum atomic E-state index is 12.5. The molecule has 0 unspecified atom stereocenters. The molecule has 0 saturated carbocycles. The van der Waals surface area contributed by atoms with Gasteiger partial charge in [0.2, 0.25) is 0 Å². The van der Waals surface area contributed by atoms with E-state index in [9.17, 15) is 19.7 Å². The van der Waals surface area contributed by atoms with Crippen LogP contribution in [0, 0.1) is 17.0 Å². The van der Waals surface area contributed by atoms with Gasteiger partial charge < -0.3 is 10.1 Å². The summed E-state index contributed by atoms with van der Waals surface area (Å²) in [5.74, 6) is -1.27. The van der Waals surface area contributed by atoms with Gasteiger partial charge in [-0.3, -0.25) is 14.9 Å². The van der Waals surface area contributed by atoms with Crippen molar-refractivity contribution in [1.82, 2.24) is 5.32 Å². The second-order valence-electron chi connectivity index (χ2n) is 6.60. The Hall–Kier alpha value is -4.00. The van der Waals surface area contributed by atoms with Gasteiger partial charge in [-0.15, -0.1) is 0 Å². The molecule has 0 radical (unpaired) electrons. The van der Waals surface area contributed by atoms with E-state index in [1.165, 1.54) is 25.1 Å². The van der Waals surface area contributed by atoms with Crippen molar-refractivity contribution in [1.29, 1.82) is 0 Å². The summed E-state index contributed by atoms with van der Waals surface area (Å²) < 4.78 is 5.10. The molecular weight excluding hydrogens is 384 g/mol. The number of carbonyl (C=O) groups is 2. The van der Waals surface area contributed by atoms with Crippen molar-refractivity contribution in [2.24, 2.45) is 0 Å². The number of rotatable bonds is 7. The van der Waals surface area contributed by atoms with Crippen molar-refractivity contribution >= 4 is 17.6 Å². The van der Waals surface area contributed by atoms with Crippen LogP contribution in [-0.4, -0.2) is 23.4 Å². The van der Waals surface area contributed by atoms with Gasteiger partial charge in [0, 0.05) is 11.6 Å². The highest BCUT2D eigenvalue weighted by Crippen LogP contribution is 2.23. The minimum atomic E-state index is -0.790. The third-order valence-corrected chi connectivity index (χ3v) is 4.63. The lowest BCUT2D eigenvalue weighted by Crippen LogP contribution is -2.33. The summed E-state index contributed by atoms with van der Waals surface area (Å²) in [6.07, 6.45) is 0. The summed E-state index contributed by atoms with van der Waals surface area (Å²) in [5.41, 5.74) is 1.84. The van der Waals surface area contributed by atoms with E-state index in [0.717, 1.165) is 11.1 Å². The first kappa shape index (κ1) is 20.7. The van der Waals surface area contributed by atoms with E-state index in [1.54, 1.807) is 0 Å². The maximum absolute atomic E-state index is 12.5. The average Bonchev–Trinajstić information content (AvgIpc) is 2.77. The second-order valence-corrected chi connectivity index (χ2v) is 6.60. The first-order valence-corrected chi connectivity index (χ1v) is 9.27. The third kappa shape index (κ3) is 4.88. The highest BCUT2D eigenvalue weighted by atomic mass is 16.6. The Morgan fingerprint density at radius 3 is 2.03 bits per heavy atom. The summed E-state index contributed by atoms with van der Waals surface area (Å²) >= 11 is 0. The molecule has 3 aromatic carbocycles. The molecule has 1 N–H and O–H groups in total. The van der Waals surface area contributed by atoms with Gasteiger partial charge in [-0.05, 0) is 24.1 Å². The summed E-state index contributed by atoms with van der Waals surface area (Å²) in [6.45, 7) is 0.965. The van der Waals surface area contributed by atoms with Gasteiger partial charge in [0.1, 0.15) is 0 Å². The van der Waals surface area contributed by atoms with Crippen molar-refractivity contribution < 1.29 is 19.2 Å². The lowest BCUT2D eigenvalue weighted by molar-refractivity contribution is -0.385. The maximum Gasteiger partial charge on any atom is 0.339 e. The Bertz CT molecular complexity index is 1010. The topological polar surface area (TPSA) is 98.5 Å². The van der Waals surface area contributed by atoms with E-state index in [2.05, 4.69) is 5.32 Å². The van der Waals surface area contributed by atoms with Crippen LogP contribution in [0.4, 0.5) is 5.69 Å². The fraction of sp³-hybridized carbons (Fsp3) is 0.130. The Kier molecular flexibility index (Phi) is 6.54. The predicted molar refractivity (Wildman–Crippen MR) is 111 cm³/mol. The average molecular weight is 404 g/mol. The Labute approximate surface area is 173 Å². The number of amides is 1. The summed E-state index contributed by atoms with van der Waals surface area (Å²) in [6, 6.07) is 22.6. The van der Waals surface area contributed by atoms with Crippen LogP contribution >= 0.6 is 0 Å². The third-order valence-electron chi connectivity index (χ3n) is 4.63. The minimum Gasteiger partial charge on any atom is -0.452 e. The van der Waals surface area contributed by atoms with Gasteiger partial charge in [0.05, 0.1) is 16.5 Å². The molecule has 0 spiro atoms. The molecule has 152 valence electrons. The van der Waals surface area contributed by atoms with Gasteiger partial charge in [-0.1, -0.05) is 66.7 Å². The molecule has 3 aromatic rings. The normalized spacial score (nSPS) is 10.5. The number of hydrogen-bond donors (Lipinski definition) is 1. The Morgan fingerprint density at radius 1 is 0.933 bits per heavy atom. The van der Waals surface area contributed by atoms with Gasteiger partial charge in [0.15, 0.2) is 6.61 Å². The minimum absolute atomic E-state index is 0.0552. The van der Waals surface area contributed by atoms with Crippen molar-refractivity contribution in [3.63, 3.8) is 0 Å². The first-order valence-electron chi connectivity index (χ1n) is 9.27. The van der Waals surface area contributed by atoms with Crippen LogP contribution in [0.1, 0.15) is 33.1 Å². The van der Waals surface area contributed by atoms with E-state index >= 15 is 0 Å². The van der Waals surface area contributed by atoms with E-state index < -0.39 is 29.4 Å². The molecule has 0 aromatic heterocycles. The quantitative estimate of drug-likeness (QED) is 0.365. The molecular formula is C23H20N2O5. The zero-order valence-electron chi connectivity index (χ0n) is 16.3. The fourth-order valence-electron chi connectivity index (χ4n) is 3.10. The SMILES string of the molecule is Cc1c(C(=O)OCC(=O)NC(c2ccccc2)c2ccccc2)cccc1[N+](=O)[O-]. The molecule has 7 heteroatoms. The lowest BCUT2D eigenvalue weighted by atomic mass is 9.99. The van der Waals surface area contributed by atoms with Gasteiger partial charge in [-0.25, -0.2) is 4.79 Å². The molecule has 30 heavy (non-hydrogen) atoms. The lowest BCUT2D eigenvalue weighted by Gasteiger charge is -2.20. The monoisotopic (exact) mass is 404 g/mol. The Morgan fingerprint density at radius 2 is 1.50 bits per heavy atom. The first-order chi connectivity index (χ1) is 14.5. The Balaban J connectivity index is 1.70. The predicted octanol–water partition coefficient (Wildman–Crippen LogP) is 3.97. The smallest absolute Gasteiger partial charge is 0.339 e. The molecule has 0 aliphatic rings. The highest BCUT2D eigenvalue weighted by Gasteiger charge is 2.21. The second kappa shape index (κ2) is 9.47. The molecule has 0 aliphatic heterocycles. The highest BCUT2D eigenvalue weighted by molar-refractivity contribution is 5.93. The van der Waals surface area contributed by atoms with E-state index in [1.807, 2.05) is 60.7 Å². The number of carbonyl (C=O) groups excluding carboxylic acids is 2. The van der Waals surface area contributed by atoms with Crippen LogP contribution in [0.3, 0.4) is 0 Å². The van der Waals surface area contributed by atoms with Crippen LogP contribution in [0.15, 0.2) is 78.9 Å². The van der Waals surface area contributed by atoms with E-state index in [0.29, 0.717) is 0 Å². The number of nitrogens with zero attached hydrogens (tertiary/aromatic N) is 1. The van der Waals surface area contributed by atoms with Crippen LogP contribution in [0.2, 0.25) is 0 Å². The summed E-state index contributed by atoms with van der Waals surface area (Å²) in [4.78, 5) is 35.3. The van der Waals surface area contributed by atoms with Gasteiger partial charge in [-0.2, -0.15) is 0 Å². The number of esters is 1. The number of benzene rings is 3. The zero-order valence-corrected chi connectivity index (χ0v) is 16.3. The molecule has 0 aliphatic carbocycles. The number of nitro benzene ring substituents is 1. The summed E-state index contributed by atoms with van der Waals surface area (Å²) in [5, 5.41) is 13.9. The zero-order chi connectivity index (χ0) is 21.5. The molecule has 7 nitrogen and oxygen atoms in total. The fourth-order valence-corrected chi connectivity index (χ4v) is 3.10. The van der Waals surface area contributed by atoms with Crippen molar-refractivity contribution in [2.45, 2.75) is 13.0 Å². The van der Waals surface area contributed by atoms with Crippen molar-refractivity contribution in [3.8, 4) is 0 Å². The van der Waals surface area contributed by atoms with Crippen molar-refractivity contribution in [3.05, 3.63) is 111 Å². The van der Waals surface area contributed by atoms with E-state index in [4.69, 9.17) is 4.74 Å². The standard InChI is InChI=1S/C23H20N2O5/c1-16-19(13-8-14-20(16)25(28)29)23(27)30-15-21(26)24-22(17-9-4-2-5-10-17)18-11-6-3-7-12-18/h2-14,22H,15H2,1H3,(H,24,26). The van der Waals surface area contributed by atoms with Crippen LogP contribution in [0.25, 0.3) is 0 Å². The number of nitrogens with one attached hydrogen (secondary N) is 1. The van der Waals surface area contributed by atoms with Gasteiger partial charge >= 0.3 is 5.97 Å². The van der Waals surface area contributed by atoms with Crippen LogP contribution < -0.4 is 5.32 Å². The van der Waals surface area contributed by atoms with Crippen molar-refractivity contribution in [2.75, 3.05) is 6.61 Å². The van der Waals surface area contributed by atoms with Crippen LogP contribution in [-0.2, 0) is 9.53 Å². The van der Waals surface area contributed by atoms with E-state index in [-0.39, 0.29) is 16.8 Å². The van der Waals surface area contributed by atoms with Crippen LogP contribution in [0.5, 0.6) is 0 Å². The number of ether oxygens (including phenoxy) is 1. The summed E-state index contributed by atoms with van der Waals surface area (Å²) in [7, 11) is 0. The molecule has 0 saturated heterocycles. The largest absolute Gasteiger partial charge is 0.452 e.